The van der Waals surface area contributed by atoms with E-state index in [9.17, 15) is 18.5 Å². The first-order chi connectivity index (χ1) is 6.32. The summed E-state index contributed by atoms with van der Waals surface area (Å²) in [7, 11) is 1.07. The maximum atomic E-state index is 10.8. The molecule has 0 aliphatic carbocycles. The number of nitro benzene ring substituents is 1. The summed E-state index contributed by atoms with van der Waals surface area (Å²) >= 11 is 3.80. The Bertz CT molecular complexity index is 490. The van der Waals surface area contributed by atoms with Gasteiger partial charge in [-0.05, 0) is 12.1 Å². The summed E-state index contributed by atoms with van der Waals surface area (Å²) in [6, 6.07) is 3.22. The zero-order chi connectivity index (χ0) is 10.9. The molecule has 0 N–H and O–H groups in total. The van der Waals surface area contributed by atoms with Crippen molar-refractivity contribution in [1.29, 1.82) is 0 Å². The van der Waals surface area contributed by atoms with Gasteiger partial charge >= 0.3 is 0 Å². The fraction of sp³-hybridized carbons (Fsp3) is 0. The Balaban J connectivity index is 0.00000196. The van der Waals surface area contributed by atoms with Crippen LogP contribution in [0.25, 0.3) is 0 Å². The first-order valence-electron chi connectivity index (χ1n) is 3.24. The van der Waals surface area contributed by atoms with Crippen LogP contribution in [-0.4, -0.2) is 42.9 Å². The van der Waals surface area contributed by atoms with Gasteiger partial charge in [0.15, 0.2) is 0 Å². The second-order valence-electron chi connectivity index (χ2n) is 2.35. The average molecular weight is 277 g/mol. The first kappa shape index (κ1) is 15.2. The molecule has 0 fully saturated rings. The molecule has 0 unspecified atom stereocenters. The van der Waals surface area contributed by atoms with E-state index in [4.69, 9.17) is 10.7 Å². The molecule has 1 rings (SSSR count). The number of halogens is 1. The smallest absolute Gasteiger partial charge is 0.258 e. The van der Waals surface area contributed by atoms with E-state index < -0.39 is 19.7 Å². The van der Waals surface area contributed by atoms with Gasteiger partial charge in [0.25, 0.3) is 14.7 Å². The van der Waals surface area contributed by atoms with Gasteiger partial charge in [-0.25, -0.2) is 8.42 Å². The van der Waals surface area contributed by atoms with Gasteiger partial charge in [-0.2, -0.15) is 0 Å². The standard InChI is InChI=1S/C6H4ClNO4S2.Na/c7-14(11,12)4-1-2-6(13)5(3-4)8(9)10;/h1-3,13H;. The van der Waals surface area contributed by atoms with E-state index in [0.29, 0.717) is 0 Å². The van der Waals surface area contributed by atoms with Crippen molar-refractivity contribution >= 4 is 67.6 Å². The van der Waals surface area contributed by atoms with Gasteiger partial charge in [0.05, 0.1) is 14.7 Å². The third-order valence-corrected chi connectivity index (χ3v) is 3.15. The van der Waals surface area contributed by atoms with Crippen LogP contribution in [-0.2, 0) is 9.05 Å². The number of nitro groups is 1. The molecule has 9 heteroatoms. The average Bonchev–Trinajstić information content (AvgIpc) is 2.02. The number of hydrogen-bond donors (Lipinski definition) is 1. The maximum absolute atomic E-state index is 10.8. The van der Waals surface area contributed by atoms with E-state index in [0.717, 1.165) is 12.1 Å². The van der Waals surface area contributed by atoms with E-state index in [1.54, 1.807) is 0 Å². The molecule has 77 valence electrons. The molecule has 0 aliphatic heterocycles. The van der Waals surface area contributed by atoms with Crippen molar-refractivity contribution < 1.29 is 13.3 Å². The summed E-state index contributed by atoms with van der Waals surface area (Å²) in [6.07, 6.45) is 0. The SMILES string of the molecule is O=[N+]([O-])c1cc(S(=O)(=O)Cl)ccc1S.[Na]. The Hall–Kier alpha value is 0.210. The quantitative estimate of drug-likeness (QED) is 0.291. The molecule has 0 aromatic heterocycles. The van der Waals surface area contributed by atoms with Gasteiger partial charge in [0.1, 0.15) is 0 Å². The predicted molar refractivity (Wildman–Crippen MR) is 59.1 cm³/mol. The minimum atomic E-state index is -3.94. The molecule has 0 aliphatic rings. The number of thiol groups is 1. The molecule has 0 saturated heterocycles. The van der Waals surface area contributed by atoms with Crippen LogP contribution in [0.3, 0.4) is 0 Å². The maximum Gasteiger partial charge on any atom is 0.283 e. The molecule has 0 spiro atoms. The molecule has 0 bridgehead atoms. The first-order valence-corrected chi connectivity index (χ1v) is 6.00. The Labute approximate surface area is 118 Å². The van der Waals surface area contributed by atoms with Crippen LogP contribution in [0.1, 0.15) is 0 Å². The molecule has 1 aromatic carbocycles. The van der Waals surface area contributed by atoms with Gasteiger partial charge < -0.3 is 0 Å². The Morgan fingerprint density at radius 2 is 1.93 bits per heavy atom. The number of nitrogens with zero attached hydrogens (tertiary/aromatic N) is 1. The van der Waals surface area contributed by atoms with E-state index in [-0.39, 0.29) is 39.3 Å². The molecule has 5 nitrogen and oxygen atoms in total. The summed E-state index contributed by atoms with van der Waals surface area (Å²) in [5.41, 5.74) is -0.393. The van der Waals surface area contributed by atoms with E-state index >= 15 is 0 Å². The van der Waals surface area contributed by atoms with Crippen molar-refractivity contribution in [3.63, 3.8) is 0 Å². The van der Waals surface area contributed by atoms with Crippen molar-refractivity contribution in [2.45, 2.75) is 9.79 Å². The van der Waals surface area contributed by atoms with Crippen LogP contribution < -0.4 is 0 Å². The van der Waals surface area contributed by atoms with Crippen LogP contribution in [0.15, 0.2) is 28.0 Å². The Morgan fingerprint density at radius 1 is 1.40 bits per heavy atom. The van der Waals surface area contributed by atoms with Gasteiger partial charge in [-0.3, -0.25) is 10.1 Å². The van der Waals surface area contributed by atoms with Crippen LogP contribution in [0.4, 0.5) is 5.69 Å². The van der Waals surface area contributed by atoms with E-state index in [1.807, 2.05) is 0 Å². The van der Waals surface area contributed by atoms with E-state index in [2.05, 4.69) is 12.6 Å². The molecule has 1 aromatic rings. The summed E-state index contributed by atoms with van der Waals surface area (Å²) in [4.78, 5) is 9.46. The van der Waals surface area contributed by atoms with Crippen molar-refractivity contribution in [2.24, 2.45) is 0 Å². The normalized spacial score (nSPS) is 10.5. The van der Waals surface area contributed by atoms with Crippen molar-refractivity contribution in [2.75, 3.05) is 0 Å². The topological polar surface area (TPSA) is 77.3 Å². The van der Waals surface area contributed by atoms with Crippen molar-refractivity contribution in [1.82, 2.24) is 0 Å². The summed E-state index contributed by atoms with van der Waals surface area (Å²) in [6.45, 7) is 0. The number of hydrogen-bond acceptors (Lipinski definition) is 5. The molecule has 0 heterocycles. The zero-order valence-electron chi connectivity index (χ0n) is 7.55. The molecular formula is C6H4ClNNaO4S2. The van der Waals surface area contributed by atoms with Gasteiger partial charge in [-0.1, -0.05) is 0 Å². The van der Waals surface area contributed by atoms with Crippen LogP contribution in [0, 0.1) is 10.1 Å². The van der Waals surface area contributed by atoms with Gasteiger partial charge in [0, 0.05) is 46.3 Å². The summed E-state index contributed by atoms with van der Waals surface area (Å²) in [5.74, 6) is 0. The molecular weight excluding hydrogens is 273 g/mol. The molecule has 1 radical (unpaired) electrons. The molecule has 0 amide bonds. The predicted octanol–water partition coefficient (Wildman–Crippen LogP) is 1.43. The Morgan fingerprint density at radius 3 is 2.33 bits per heavy atom. The third kappa shape index (κ3) is 3.93. The van der Waals surface area contributed by atoms with Crippen molar-refractivity contribution in [3.8, 4) is 0 Å². The number of rotatable bonds is 2. The van der Waals surface area contributed by atoms with Gasteiger partial charge in [0.2, 0.25) is 0 Å². The molecule has 15 heavy (non-hydrogen) atoms. The second-order valence-corrected chi connectivity index (χ2v) is 5.39. The minimum absolute atomic E-state index is 0. The third-order valence-electron chi connectivity index (χ3n) is 1.43. The Kier molecular flexibility index (Phi) is 5.59. The molecule has 0 saturated carbocycles. The summed E-state index contributed by atoms with van der Waals surface area (Å²) in [5, 5.41) is 10.4. The van der Waals surface area contributed by atoms with Crippen LogP contribution in [0.2, 0.25) is 0 Å². The fourth-order valence-electron chi connectivity index (χ4n) is 0.801. The fourth-order valence-corrected chi connectivity index (χ4v) is 1.79. The van der Waals surface area contributed by atoms with Crippen LogP contribution >= 0.6 is 23.3 Å². The molecule has 0 atom stereocenters. The second kappa shape index (κ2) is 5.51. The number of benzene rings is 1. The van der Waals surface area contributed by atoms with Gasteiger partial charge in [-0.15, -0.1) is 12.6 Å². The largest absolute Gasteiger partial charge is 0.283 e. The van der Waals surface area contributed by atoms with Crippen molar-refractivity contribution in [3.05, 3.63) is 28.3 Å². The summed E-state index contributed by atoms with van der Waals surface area (Å²) < 4.78 is 21.7. The zero-order valence-corrected chi connectivity index (χ0v) is 12.0. The minimum Gasteiger partial charge on any atom is -0.258 e. The monoisotopic (exact) mass is 276 g/mol. The van der Waals surface area contributed by atoms with Crippen LogP contribution in [0.5, 0.6) is 0 Å². The van der Waals surface area contributed by atoms with E-state index in [1.165, 1.54) is 6.07 Å².